The van der Waals surface area contributed by atoms with Gasteiger partial charge in [0.05, 0.1) is 41.7 Å². The standard InChI is InChI=1S/C23H19NO7.Na/c1-10(26)19-17-8-15(20(22(28)29)24(17)21(19)27)12-3-5-14-16(7-12)13-4-2-11(9-25)6-18(13)31-23(14)30;/h2-7,10,17,19,25-26H,8-9H2,1H3,(H,28,29);/q;+1/p-1/t10-,17-,19-;/m1./s1. The molecular formula is C23H18NNaO7. The molecule has 3 atom stereocenters. The summed E-state index contributed by atoms with van der Waals surface area (Å²) < 4.78 is 5.38. The van der Waals surface area contributed by atoms with Crippen LogP contribution in [0.15, 0.2) is 51.3 Å². The summed E-state index contributed by atoms with van der Waals surface area (Å²) >= 11 is 0. The van der Waals surface area contributed by atoms with Crippen LogP contribution in [0, 0.1) is 5.92 Å². The van der Waals surface area contributed by atoms with Crippen LogP contribution in [0.25, 0.3) is 27.3 Å². The number of aliphatic carboxylic acids is 1. The Labute approximate surface area is 204 Å². The van der Waals surface area contributed by atoms with E-state index in [1.165, 1.54) is 11.8 Å². The minimum absolute atomic E-state index is 0. The molecule has 32 heavy (non-hydrogen) atoms. The molecule has 2 N–H and O–H groups in total. The predicted octanol–water partition coefficient (Wildman–Crippen LogP) is -2.48. The molecule has 0 aliphatic carbocycles. The number of carbonyl (C=O) groups excluding carboxylic acids is 2. The second-order valence-electron chi connectivity index (χ2n) is 8.00. The van der Waals surface area contributed by atoms with Crippen molar-refractivity contribution < 1.29 is 58.9 Å². The van der Waals surface area contributed by atoms with E-state index in [9.17, 15) is 29.7 Å². The molecule has 0 bridgehead atoms. The summed E-state index contributed by atoms with van der Waals surface area (Å²) in [5, 5.41) is 32.7. The van der Waals surface area contributed by atoms with Crippen molar-refractivity contribution in [3.05, 3.63) is 63.6 Å². The molecule has 1 amide bonds. The predicted molar refractivity (Wildman–Crippen MR) is 108 cm³/mol. The fourth-order valence-electron chi connectivity index (χ4n) is 4.78. The van der Waals surface area contributed by atoms with Gasteiger partial charge in [-0.1, -0.05) is 18.2 Å². The fourth-order valence-corrected chi connectivity index (χ4v) is 4.78. The summed E-state index contributed by atoms with van der Waals surface area (Å²) in [6, 6.07) is 9.50. The molecule has 8 nitrogen and oxygen atoms in total. The van der Waals surface area contributed by atoms with Gasteiger partial charge in [0, 0.05) is 10.8 Å². The van der Waals surface area contributed by atoms with Crippen molar-refractivity contribution in [1.82, 2.24) is 4.90 Å². The third-order valence-electron chi connectivity index (χ3n) is 6.23. The number of aliphatic hydroxyl groups is 2. The van der Waals surface area contributed by atoms with Crippen molar-refractivity contribution in [3.8, 4) is 0 Å². The van der Waals surface area contributed by atoms with Gasteiger partial charge in [0.1, 0.15) is 5.58 Å². The van der Waals surface area contributed by atoms with Gasteiger partial charge in [0.2, 0.25) is 5.91 Å². The molecule has 9 heteroatoms. The molecule has 2 aliphatic heterocycles. The number of nitrogens with zero attached hydrogens (tertiary/aromatic N) is 1. The maximum absolute atomic E-state index is 12.4. The van der Waals surface area contributed by atoms with Crippen molar-refractivity contribution in [2.24, 2.45) is 5.92 Å². The van der Waals surface area contributed by atoms with Crippen LogP contribution in [0.5, 0.6) is 0 Å². The third-order valence-corrected chi connectivity index (χ3v) is 6.23. The van der Waals surface area contributed by atoms with Crippen LogP contribution in [-0.4, -0.2) is 39.1 Å². The van der Waals surface area contributed by atoms with Crippen LogP contribution >= 0.6 is 0 Å². The van der Waals surface area contributed by atoms with E-state index in [4.69, 9.17) is 4.42 Å². The zero-order chi connectivity index (χ0) is 22.0. The molecule has 158 valence electrons. The van der Waals surface area contributed by atoms with E-state index < -0.39 is 35.6 Å². The molecule has 0 spiro atoms. The Balaban J connectivity index is 0.00000245. The minimum atomic E-state index is -1.46. The number of carboxylic acid groups (broad SMARTS) is 1. The Morgan fingerprint density at radius 1 is 1.19 bits per heavy atom. The molecule has 0 radical (unpaired) electrons. The summed E-state index contributed by atoms with van der Waals surface area (Å²) in [6.07, 6.45) is -0.619. The summed E-state index contributed by atoms with van der Waals surface area (Å²) in [6.45, 7) is 1.31. The van der Waals surface area contributed by atoms with E-state index >= 15 is 0 Å². The number of carboxylic acids is 1. The molecule has 0 saturated carbocycles. The average Bonchev–Trinajstić information content (AvgIpc) is 3.08. The first kappa shape index (κ1) is 22.7. The van der Waals surface area contributed by atoms with E-state index in [2.05, 4.69) is 0 Å². The quantitative estimate of drug-likeness (QED) is 0.198. The van der Waals surface area contributed by atoms with E-state index in [0.29, 0.717) is 38.4 Å². The van der Waals surface area contributed by atoms with Crippen LogP contribution in [0.3, 0.4) is 0 Å². The number of benzene rings is 2. The number of rotatable bonds is 4. The van der Waals surface area contributed by atoms with Gasteiger partial charge in [-0.3, -0.25) is 4.79 Å². The number of hydrogen-bond acceptors (Lipinski definition) is 7. The number of carbonyl (C=O) groups is 2. The molecular weight excluding hydrogens is 425 g/mol. The van der Waals surface area contributed by atoms with Gasteiger partial charge in [0.15, 0.2) is 0 Å². The van der Waals surface area contributed by atoms with Gasteiger partial charge in [-0.15, -0.1) is 0 Å². The fraction of sp³-hybridized carbons (Fsp3) is 0.261. The molecule has 3 heterocycles. The Morgan fingerprint density at radius 3 is 2.56 bits per heavy atom. The molecule has 3 aromatic rings. The number of fused-ring (bicyclic) bond motifs is 4. The van der Waals surface area contributed by atoms with Crippen LogP contribution in [0.4, 0.5) is 0 Å². The van der Waals surface area contributed by atoms with Crippen LogP contribution in [0.1, 0.15) is 24.5 Å². The van der Waals surface area contributed by atoms with Gasteiger partial charge in [0.25, 0.3) is 0 Å². The van der Waals surface area contributed by atoms with Gasteiger partial charge in [-0.05, 0) is 48.2 Å². The summed E-state index contributed by atoms with van der Waals surface area (Å²) in [5.41, 5.74) is 1.15. The molecule has 1 aromatic heterocycles. The number of aliphatic hydroxyl groups excluding tert-OH is 2. The molecule has 1 saturated heterocycles. The Kier molecular flexibility index (Phi) is 5.77. The zero-order valence-corrected chi connectivity index (χ0v) is 19.5. The monoisotopic (exact) mass is 443 g/mol. The first-order valence-corrected chi connectivity index (χ1v) is 9.88. The Morgan fingerprint density at radius 2 is 1.91 bits per heavy atom. The molecule has 5 rings (SSSR count). The van der Waals surface area contributed by atoms with Crippen LogP contribution < -0.4 is 40.3 Å². The third kappa shape index (κ3) is 3.22. The largest absolute Gasteiger partial charge is 1.00 e. The maximum atomic E-state index is 12.4. The summed E-state index contributed by atoms with van der Waals surface area (Å²) in [4.78, 5) is 38.0. The normalized spacial score (nSPS) is 20.8. The van der Waals surface area contributed by atoms with Crippen molar-refractivity contribution >= 4 is 39.2 Å². The van der Waals surface area contributed by atoms with E-state index in [0.717, 1.165) is 0 Å². The number of hydrogen-bond donors (Lipinski definition) is 2. The van der Waals surface area contributed by atoms with Crippen molar-refractivity contribution in [3.63, 3.8) is 0 Å². The maximum Gasteiger partial charge on any atom is 1.00 e. The molecule has 2 aromatic carbocycles. The summed E-state index contributed by atoms with van der Waals surface area (Å²) in [7, 11) is 0. The zero-order valence-electron chi connectivity index (χ0n) is 17.5. The van der Waals surface area contributed by atoms with Crippen LogP contribution in [0.2, 0.25) is 0 Å². The minimum Gasteiger partial charge on any atom is -0.543 e. The molecule has 2 aliphatic rings. The van der Waals surface area contributed by atoms with Crippen molar-refractivity contribution in [1.29, 1.82) is 0 Å². The Hall–Kier alpha value is -2.49. The first-order chi connectivity index (χ1) is 14.8. The van der Waals surface area contributed by atoms with E-state index in [-0.39, 0.29) is 48.3 Å². The van der Waals surface area contributed by atoms with Crippen LogP contribution in [-0.2, 0) is 16.2 Å². The van der Waals surface area contributed by atoms with Gasteiger partial charge in [-0.2, -0.15) is 0 Å². The van der Waals surface area contributed by atoms with E-state index in [1.54, 1.807) is 36.4 Å². The Bertz CT molecular complexity index is 1370. The van der Waals surface area contributed by atoms with Crippen molar-refractivity contribution in [2.45, 2.75) is 32.1 Å². The SMILES string of the molecule is C[C@@H](O)[C@H]1C(=O)N2C(C(=O)[O-])=C(c3ccc4c(=O)oc5cc(CO)ccc5c4c3)C[C@H]12.[Na+]. The number of amides is 1. The molecule has 0 unspecified atom stereocenters. The first-order valence-electron chi connectivity index (χ1n) is 9.88. The average molecular weight is 443 g/mol. The van der Waals surface area contributed by atoms with E-state index in [1.807, 2.05) is 0 Å². The van der Waals surface area contributed by atoms with Gasteiger partial charge in [-0.25, -0.2) is 4.79 Å². The number of β-lactam (4-membered cyclic amide) rings is 1. The summed E-state index contributed by atoms with van der Waals surface area (Å²) in [5.74, 6) is -2.55. The molecule has 1 fully saturated rings. The second kappa shape index (κ2) is 8.13. The van der Waals surface area contributed by atoms with Gasteiger partial charge < -0.3 is 29.4 Å². The smallest absolute Gasteiger partial charge is 0.543 e. The second-order valence-corrected chi connectivity index (χ2v) is 8.00. The van der Waals surface area contributed by atoms with Gasteiger partial charge >= 0.3 is 35.2 Å². The topological polar surface area (TPSA) is 131 Å². The van der Waals surface area contributed by atoms with Crippen molar-refractivity contribution in [2.75, 3.05) is 0 Å².